The monoisotopic (exact) mass is 353 g/mol. The number of rotatable bonds is 6. The zero-order chi connectivity index (χ0) is 15.6. The molecule has 2 rings (SSSR count). The molecule has 0 unspecified atom stereocenters. The minimum atomic E-state index is 0.433. The highest BCUT2D eigenvalue weighted by Crippen LogP contribution is 2.36. The molecule has 0 amide bonds. The van der Waals surface area contributed by atoms with Gasteiger partial charge in [-0.2, -0.15) is 0 Å². The Morgan fingerprint density at radius 2 is 1.95 bits per heavy atom. The van der Waals surface area contributed by atoms with Gasteiger partial charge >= 0.3 is 0 Å². The van der Waals surface area contributed by atoms with Gasteiger partial charge in [0, 0.05) is 17.0 Å². The number of nitrogens with one attached hydrogen (secondary N) is 1. The van der Waals surface area contributed by atoms with E-state index >= 15 is 0 Å². The summed E-state index contributed by atoms with van der Waals surface area (Å²) in [5.74, 6) is 2.46. The van der Waals surface area contributed by atoms with Crippen molar-refractivity contribution in [3.8, 4) is 5.75 Å². The van der Waals surface area contributed by atoms with Crippen molar-refractivity contribution in [2.75, 3.05) is 7.11 Å². The summed E-state index contributed by atoms with van der Waals surface area (Å²) in [6.07, 6.45) is 1.00. The maximum atomic E-state index is 6.12. The van der Waals surface area contributed by atoms with Crippen LogP contribution in [-0.4, -0.2) is 13.2 Å². The Labute approximate surface area is 135 Å². The van der Waals surface area contributed by atoms with Crippen molar-refractivity contribution >= 4 is 26.9 Å². The molecule has 0 aliphatic rings. The second-order valence-electron chi connectivity index (χ2n) is 6.12. The van der Waals surface area contributed by atoms with Crippen molar-refractivity contribution in [1.29, 1.82) is 0 Å². The highest BCUT2D eigenvalue weighted by molar-refractivity contribution is 9.10. The van der Waals surface area contributed by atoms with E-state index in [-0.39, 0.29) is 0 Å². The maximum Gasteiger partial charge on any atom is 0.149 e. The Morgan fingerprint density at radius 3 is 2.52 bits per heavy atom. The number of halogens is 1. The molecule has 0 atom stereocenters. The molecule has 116 valence electrons. The topological polar surface area (TPSA) is 34.4 Å². The summed E-state index contributed by atoms with van der Waals surface area (Å²) in [4.78, 5) is 0. The van der Waals surface area contributed by atoms with Gasteiger partial charge in [0.05, 0.1) is 18.1 Å². The van der Waals surface area contributed by atoms with Crippen molar-refractivity contribution in [3.63, 3.8) is 0 Å². The van der Waals surface area contributed by atoms with Crippen LogP contribution in [0.1, 0.15) is 39.0 Å². The van der Waals surface area contributed by atoms with Crippen LogP contribution in [0.2, 0.25) is 0 Å². The SMILES string of the molecule is COc1cc(Br)c2oc(CNC(C)C)c(CC(C)C)c2c1. The van der Waals surface area contributed by atoms with E-state index in [2.05, 4.69) is 55.0 Å². The molecule has 4 heteroatoms. The van der Waals surface area contributed by atoms with E-state index in [0.717, 1.165) is 39.9 Å². The van der Waals surface area contributed by atoms with Crippen LogP contribution in [0.25, 0.3) is 11.0 Å². The van der Waals surface area contributed by atoms with E-state index < -0.39 is 0 Å². The van der Waals surface area contributed by atoms with Gasteiger partial charge in [0.1, 0.15) is 17.1 Å². The molecule has 0 aliphatic carbocycles. The second-order valence-corrected chi connectivity index (χ2v) is 6.98. The number of hydrogen-bond acceptors (Lipinski definition) is 3. The molecule has 1 N–H and O–H groups in total. The smallest absolute Gasteiger partial charge is 0.149 e. The van der Waals surface area contributed by atoms with E-state index in [4.69, 9.17) is 9.15 Å². The third-order valence-corrected chi connectivity index (χ3v) is 4.01. The van der Waals surface area contributed by atoms with Gasteiger partial charge in [-0.05, 0) is 40.4 Å². The van der Waals surface area contributed by atoms with E-state index in [0.29, 0.717) is 12.0 Å². The summed E-state index contributed by atoms with van der Waals surface area (Å²) < 4.78 is 12.4. The summed E-state index contributed by atoms with van der Waals surface area (Å²) in [6, 6.07) is 4.45. The first-order valence-electron chi connectivity index (χ1n) is 7.43. The average molecular weight is 354 g/mol. The van der Waals surface area contributed by atoms with Crippen LogP contribution in [0.5, 0.6) is 5.75 Å². The third kappa shape index (κ3) is 3.80. The molecule has 1 aromatic heterocycles. The van der Waals surface area contributed by atoms with Crippen LogP contribution < -0.4 is 10.1 Å². The summed E-state index contributed by atoms with van der Waals surface area (Å²) in [5.41, 5.74) is 2.19. The first-order chi connectivity index (χ1) is 9.92. The molecule has 1 heterocycles. The summed E-state index contributed by atoms with van der Waals surface area (Å²) in [7, 11) is 1.69. The Hall–Kier alpha value is -1.00. The molecule has 0 radical (unpaired) electrons. The fraction of sp³-hybridized carbons (Fsp3) is 0.529. The predicted octanol–water partition coefficient (Wildman–Crippen LogP) is 4.90. The van der Waals surface area contributed by atoms with Gasteiger partial charge in [-0.25, -0.2) is 0 Å². The second kappa shape index (κ2) is 6.84. The van der Waals surface area contributed by atoms with Gasteiger partial charge in [-0.1, -0.05) is 27.7 Å². The summed E-state index contributed by atoms with van der Waals surface area (Å²) >= 11 is 3.59. The van der Waals surface area contributed by atoms with Gasteiger partial charge in [-0.3, -0.25) is 0 Å². The van der Waals surface area contributed by atoms with Gasteiger partial charge in [0.15, 0.2) is 0 Å². The average Bonchev–Trinajstić information content (AvgIpc) is 2.74. The molecule has 0 saturated heterocycles. The zero-order valence-corrected chi connectivity index (χ0v) is 15.0. The number of furan rings is 1. The highest BCUT2D eigenvalue weighted by Gasteiger charge is 2.18. The standard InChI is InChI=1S/C17H24BrNO2/c1-10(2)6-13-14-7-12(20-5)8-15(18)17(14)21-16(13)9-19-11(3)4/h7-8,10-11,19H,6,9H2,1-5H3. The molecule has 2 aromatic rings. The highest BCUT2D eigenvalue weighted by atomic mass is 79.9. The Morgan fingerprint density at radius 1 is 1.24 bits per heavy atom. The fourth-order valence-corrected chi connectivity index (χ4v) is 2.94. The molecule has 0 fully saturated rings. The van der Waals surface area contributed by atoms with E-state index in [1.165, 1.54) is 5.56 Å². The van der Waals surface area contributed by atoms with Crippen LogP contribution in [0.4, 0.5) is 0 Å². The Kier molecular flexibility index (Phi) is 5.33. The molecule has 1 aromatic carbocycles. The quantitative estimate of drug-likeness (QED) is 0.801. The van der Waals surface area contributed by atoms with Crippen molar-refractivity contribution in [3.05, 3.63) is 27.9 Å². The zero-order valence-electron chi connectivity index (χ0n) is 13.4. The number of benzene rings is 1. The summed E-state index contributed by atoms with van der Waals surface area (Å²) in [5, 5.41) is 4.59. The molecular formula is C17H24BrNO2. The van der Waals surface area contributed by atoms with Crippen molar-refractivity contribution in [2.24, 2.45) is 5.92 Å². The predicted molar refractivity (Wildman–Crippen MR) is 91.0 cm³/mol. The maximum absolute atomic E-state index is 6.12. The fourth-order valence-electron chi connectivity index (χ4n) is 2.42. The van der Waals surface area contributed by atoms with Crippen molar-refractivity contribution < 1.29 is 9.15 Å². The van der Waals surface area contributed by atoms with Gasteiger partial charge in [-0.15, -0.1) is 0 Å². The molecule has 3 nitrogen and oxygen atoms in total. The number of ether oxygens (including phenoxy) is 1. The van der Waals surface area contributed by atoms with Crippen molar-refractivity contribution in [2.45, 2.75) is 46.7 Å². The molecule has 0 bridgehead atoms. The van der Waals surface area contributed by atoms with E-state index in [9.17, 15) is 0 Å². The lowest BCUT2D eigenvalue weighted by Crippen LogP contribution is -2.22. The van der Waals surface area contributed by atoms with Crippen LogP contribution in [0.15, 0.2) is 21.0 Å². The Bertz CT molecular complexity index is 617. The van der Waals surface area contributed by atoms with Gasteiger partial charge in [0.2, 0.25) is 0 Å². The first kappa shape index (κ1) is 16.4. The Balaban J connectivity index is 2.53. The molecular weight excluding hydrogens is 330 g/mol. The lowest BCUT2D eigenvalue weighted by atomic mass is 9.99. The van der Waals surface area contributed by atoms with Gasteiger partial charge in [0.25, 0.3) is 0 Å². The molecule has 0 aliphatic heterocycles. The summed E-state index contributed by atoms with van der Waals surface area (Å²) in [6.45, 7) is 9.50. The number of fused-ring (bicyclic) bond motifs is 1. The molecule has 21 heavy (non-hydrogen) atoms. The van der Waals surface area contributed by atoms with Crippen LogP contribution in [0.3, 0.4) is 0 Å². The minimum Gasteiger partial charge on any atom is -0.497 e. The van der Waals surface area contributed by atoms with Crippen LogP contribution in [-0.2, 0) is 13.0 Å². The number of methoxy groups -OCH3 is 1. The number of hydrogen-bond donors (Lipinski definition) is 1. The molecule has 0 saturated carbocycles. The minimum absolute atomic E-state index is 0.433. The lowest BCUT2D eigenvalue weighted by Gasteiger charge is -2.09. The van der Waals surface area contributed by atoms with E-state index in [1.54, 1.807) is 7.11 Å². The first-order valence-corrected chi connectivity index (χ1v) is 8.22. The van der Waals surface area contributed by atoms with Gasteiger partial charge < -0.3 is 14.5 Å². The normalized spacial score (nSPS) is 11.8. The largest absolute Gasteiger partial charge is 0.497 e. The van der Waals surface area contributed by atoms with Crippen LogP contribution in [0, 0.1) is 5.92 Å². The lowest BCUT2D eigenvalue weighted by molar-refractivity contribution is 0.415. The van der Waals surface area contributed by atoms with Crippen LogP contribution >= 0.6 is 15.9 Å². The van der Waals surface area contributed by atoms with Crippen molar-refractivity contribution in [1.82, 2.24) is 5.32 Å². The molecule has 0 spiro atoms. The third-order valence-electron chi connectivity index (χ3n) is 3.42. The van der Waals surface area contributed by atoms with E-state index in [1.807, 2.05) is 6.07 Å².